The smallest absolute Gasteiger partial charge is 0.0237 e. The van der Waals surface area contributed by atoms with E-state index in [2.05, 4.69) is 20.8 Å². The molecule has 0 aromatic carbocycles. The molecule has 0 aromatic rings. The Kier molecular flexibility index (Phi) is 12.9. The van der Waals surface area contributed by atoms with Crippen LogP contribution >= 0.6 is 8.58 Å². The van der Waals surface area contributed by atoms with Gasteiger partial charge in [-0.1, -0.05) is 65.7 Å². The van der Waals surface area contributed by atoms with Crippen molar-refractivity contribution in [1.29, 1.82) is 0 Å². The molecule has 0 heterocycles. The molecule has 1 unspecified atom stereocenters. The van der Waals surface area contributed by atoms with Crippen LogP contribution in [0.5, 0.6) is 0 Å². The molecule has 0 nitrogen and oxygen atoms in total. The number of rotatable bonds is 11. The first-order chi connectivity index (χ1) is 7.35. The van der Waals surface area contributed by atoms with Crippen LogP contribution in [-0.2, 0) is 0 Å². The van der Waals surface area contributed by atoms with Crippen LogP contribution in [0.25, 0.3) is 0 Å². The molecule has 0 fully saturated rings. The Labute approximate surface area is 99.4 Å². The van der Waals surface area contributed by atoms with Gasteiger partial charge >= 0.3 is 0 Å². The fourth-order valence-corrected chi connectivity index (χ4v) is 3.49. The zero-order chi connectivity index (χ0) is 11.4. The molecular formula is C14H31P. The van der Waals surface area contributed by atoms with Crippen molar-refractivity contribution >= 4 is 8.58 Å². The Morgan fingerprint density at radius 2 is 1.27 bits per heavy atom. The van der Waals surface area contributed by atoms with Crippen LogP contribution in [0.1, 0.15) is 78.6 Å². The van der Waals surface area contributed by atoms with Crippen molar-refractivity contribution in [3.8, 4) is 0 Å². The second-order valence-electron chi connectivity index (χ2n) is 4.64. The number of hydrogen-bond donors (Lipinski definition) is 0. The third kappa shape index (κ3) is 10.7. The summed E-state index contributed by atoms with van der Waals surface area (Å²) in [6.07, 6.45) is 14.5. The van der Waals surface area contributed by atoms with E-state index in [1.54, 1.807) is 0 Å². The molecule has 0 amide bonds. The molecule has 0 aliphatic carbocycles. The molecule has 0 saturated carbocycles. The van der Waals surface area contributed by atoms with Gasteiger partial charge in [0.15, 0.2) is 0 Å². The predicted molar refractivity (Wildman–Crippen MR) is 75.5 cm³/mol. The number of unbranched alkanes of at least 4 members (excludes halogenated alkanes) is 4. The quantitative estimate of drug-likeness (QED) is 0.320. The Morgan fingerprint density at radius 3 is 1.67 bits per heavy atom. The molecule has 0 bridgehead atoms. The summed E-state index contributed by atoms with van der Waals surface area (Å²) in [6, 6.07) is 0. The van der Waals surface area contributed by atoms with Gasteiger partial charge in [0.2, 0.25) is 0 Å². The van der Waals surface area contributed by atoms with E-state index in [4.69, 9.17) is 0 Å². The van der Waals surface area contributed by atoms with Crippen LogP contribution in [0.3, 0.4) is 0 Å². The fourth-order valence-electron chi connectivity index (χ4n) is 1.98. The van der Waals surface area contributed by atoms with Crippen LogP contribution in [0.2, 0.25) is 0 Å². The Bertz CT molecular complexity index is 102. The highest BCUT2D eigenvalue weighted by molar-refractivity contribution is 7.38. The van der Waals surface area contributed by atoms with Crippen molar-refractivity contribution in [2.24, 2.45) is 0 Å². The molecule has 92 valence electrons. The van der Waals surface area contributed by atoms with Crippen LogP contribution in [-0.4, -0.2) is 11.8 Å². The maximum atomic E-state index is 2.32. The van der Waals surface area contributed by atoms with Gasteiger partial charge in [0, 0.05) is 0 Å². The largest absolute Gasteiger partial charge is 0.119 e. The summed E-state index contributed by atoms with van der Waals surface area (Å²) in [5.74, 6) is 0. The minimum atomic E-state index is 1.07. The highest BCUT2D eigenvalue weighted by Crippen LogP contribution is 2.29. The van der Waals surface area contributed by atoms with E-state index < -0.39 is 0 Å². The molecule has 0 saturated heterocycles. The average molecular weight is 230 g/mol. The lowest BCUT2D eigenvalue weighted by Crippen LogP contribution is -2.02. The van der Waals surface area contributed by atoms with Gasteiger partial charge in [0.1, 0.15) is 0 Å². The Morgan fingerprint density at radius 1 is 0.733 bits per heavy atom. The van der Waals surface area contributed by atoms with Gasteiger partial charge in [0.05, 0.1) is 0 Å². The van der Waals surface area contributed by atoms with E-state index in [1.807, 2.05) is 0 Å². The summed E-state index contributed by atoms with van der Waals surface area (Å²) in [7, 11) is 1.25. The highest BCUT2D eigenvalue weighted by Gasteiger charge is 2.07. The zero-order valence-electron chi connectivity index (χ0n) is 11.1. The van der Waals surface area contributed by atoms with E-state index in [0.29, 0.717) is 0 Å². The fraction of sp³-hybridized carbons (Fsp3) is 1.00. The standard InChI is InChI=1S/C14H31P/c1-4-7-9-11-14(15-13-6-3)12-10-8-5-2/h14-15H,4-13H2,1-3H3. The van der Waals surface area contributed by atoms with Crippen molar-refractivity contribution in [2.45, 2.75) is 84.2 Å². The van der Waals surface area contributed by atoms with Crippen molar-refractivity contribution in [3.05, 3.63) is 0 Å². The minimum Gasteiger partial charge on any atom is -0.119 e. The second kappa shape index (κ2) is 12.5. The van der Waals surface area contributed by atoms with Crippen LogP contribution < -0.4 is 0 Å². The number of hydrogen-bond acceptors (Lipinski definition) is 0. The molecule has 0 aromatic heterocycles. The van der Waals surface area contributed by atoms with Gasteiger partial charge in [-0.05, 0) is 24.7 Å². The van der Waals surface area contributed by atoms with Crippen LogP contribution in [0.15, 0.2) is 0 Å². The van der Waals surface area contributed by atoms with E-state index in [-0.39, 0.29) is 0 Å². The summed E-state index contributed by atoms with van der Waals surface area (Å²) < 4.78 is 0. The first-order valence-corrected chi connectivity index (χ1v) is 8.36. The molecule has 0 aliphatic rings. The lowest BCUT2D eigenvalue weighted by atomic mass is 10.1. The molecule has 15 heavy (non-hydrogen) atoms. The maximum Gasteiger partial charge on any atom is -0.0237 e. The van der Waals surface area contributed by atoms with Crippen LogP contribution in [0, 0.1) is 0 Å². The van der Waals surface area contributed by atoms with Crippen LogP contribution in [0.4, 0.5) is 0 Å². The van der Waals surface area contributed by atoms with Gasteiger partial charge < -0.3 is 0 Å². The molecule has 0 aliphatic heterocycles. The summed E-state index contributed by atoms with van der Waals surface area (Å²) in [4.78, 5) is 0. The zero-order valence-corrected chi connectivity index (χ0v) is 12.1. The average Bonchev–Trinajstić information content (AvgIpc) is 2.25. The summed E-state index contributed by atoms with van der Waals surface area (Å²) in [5.41, 5.74) is 1.07. The van der Waals surface area contributed by atoms with Gasteiger partial charge in [0.25, 0.3) is 0 Å². The monoisotopic (exact) mass is 230 g/mol. The predicted octanol–water partition coefficient (Wildman–Crippen LogP) is 5.60. The molecule has 1 atom stereocenters. The molecule has 0 spiro atoms. The SMILES string of the molecule is CCCCCC(CCCCC)PCCC. The van der Waals surface area contributed by atoms with Crippen molar-refractivity contribution in [1.82, 2.24) is 0 Å². The molecule has 0 rings (SSSR count). The molecular weight excluding hydrogens is 199 g/mol. The lowest BCUT2D eigenvalue weighted by Gasteiger charge is -2.16. The summed E-state index contributed by atoms with van der Waals surface area (Å²) in [6.45, 7) is 6.93. The maximum absolute atomic E-state index is 2.32. The van der Waals surface area contributed by atoms with Crippen molar-refractivity contribution < 1.29 is 0 Å². The molecule has 0 N–H and O–H groups in total. The van der Waals surface area contributed by atoms with Crippen molar-refractivity contribution in [2.75, 3.05) is 6.16 Å². The van der Waals surface area contributed by atoms with Gasteiger partial charge in [-0.25, -0.2) is 0 Å². The van der Waals surface area contributed by atoms with E-state index in [9.17, 15) is 0 Å². The summed E-state index contributed by atoms with van der Waals surface area (Å²) in [5, 5.41) is 0. The Hall–Kier alpha value is 0.430. The highest BCUT2D eigenvalue weighted by atomic mass is 31.1. The first kappa shape index (κ1) is 15.4. The van der Waals surface area contributed by atoms with Crippen molar-refractivity contribution in [3.63, 3.8) is 0 Å². The minimum absolute atomic E-state index is 1.07. The third-order valence-corrected chi connectivity index (χ3v) is 4.94. The lowest BCUT2D eigenvalue weighted by molar-refractivity contribution is 0.580. The Balaban J connectivity index is 3.53. The molecule has 0 radical (unpaired) electrons. The van der Waals surface area contributed by atoms with E-state index in [1.165, 1.54) is 72.5 Å². The van der Waals surface area contributed by atoms with Gasteiger partial charge in [-0.2, -0.15) is 0 Å². The first-order valence-electron chi connectivity index (χ1n) is 7.08. The van der Waals surface area contributed by atoms with E-state index in [0.717, 1.165) is 5.66 Å². The summed E-state index contributed by atoms with van der Waals surface area (Å²) >= 11 is 0. The molecule has 1 heteroatoms. The van der Waals surface area contributed by atoms with Gasteiger partial charge in [-0.3, -0.25) is 0 Å². The van der Waals surface area contributed by atoms with E-state index >= 15 is 0 Å². The normalized spacial score (nSPS) is 12.0. The topological polar surface area (TPSA) is 0 Å². The second-order valence-corrected chi connectivity index (χ2v) is 6.37. The van der Waals surface area contributed by atoms with Gasteiger partial charge in [-0.15, -0.1) is 8.58 Å². The third-order valence-electron chi connectivity index (χ3n) is 3.00.